The minimum Gasteiger partial charge on any atom is -0.478 e. The molecule has 132 valence electrons. The van der Waals surface area contributed by atoms with Gasteiger partial charge in [-0.2, -0.15) is 0 Å². The Morgan fingerprint density at radius 2 is 1.92 bits per heavy atom. The number of aromatic nitrogens is 1. The van der Waals surface area contributed by atoms with Crippen molar-refractivity contribution in [2.24, 2.45) is 0 Å². The molecule has 2 aromatic carbocycles. The fourth-order valence-electron chi connectivity index (χ4n) is 2.57. The van der Waals surface area contributed by atoms with Crippen LogP contribution in [-0.4, -0.2) is 16.1 Å². The van der Waals surface area contributed by atoms with E-state index in [9.17, 15) is 18.7 Å². The summed E-state index contributed by atoms with van der Waals surface area (Å²) in [4.78, 5) is 15.6. The van der Waals surface area contributed by atoms with E-state index in [1.54, 1.807) is 24.3 Å². The van der Waals surface area contributed by atoms with E-state index >= 15 is 0 Å². The van der Waals surface area contributed by atoms with Gasteiger partial charge < -0.3 is 10.4 Å². The molecule has 3 rings (SSSR count). The van der Waals surface area contributed by atoms with Gasteiger partial charge in [-0.25, -0.2) is 13.6 Å². The number of carboxylic acid groups (broad SMARTS) is 1. The van der Waals surface area contributed by atoms with Gasteiger partial charge in [0.05, 0.1) is 28.8 Å². The average Bonchev–Trinajstić information content (AvgIpc) is 2.64. The Kier molecular flexibility index (Phi) is 4.93. The lowest BCUT2D eigenvalue weighted by atomic mass is 10.1. The van der Waals surface area contributed by atoms with Gasteiger partial charge in [-0.3, -0.25) is 4.98 Å². The number of nitrogens with zero attached hydrogens (tertiary/aromatic N) is 1. The molecule has 0 atom stereocenters. The Balaban J connectivity index is 1.88. The Labute approximate surface area is 149 Å². The molecule has 0 bridgehead atoms. The number of benzene rings is 2. The average molecular weight is 354 g/mol. The molecule has 0 fully saturated rings. The van der Waals surface area contributed by atoms with E-state index in [4.69, 9.17) is 0 Å². The molecule has 1 aromatic heterocycles. The van der Waals surface area contributed by atoms with Gasteiger partial charge in [0.15, 0.2) is 0 Å². The van der Waals surface area contributed by atoms with Crippen molar-refractivity contribution in [3.63, 3.8) is 0 Å². The van der Waals surface area contributed by atoms with Crippen LogP contribution in [0.5, 0.6) is 0 Å². The normalized spacial score (nSPS) is 10.6. The molecule has 0 radical (unpaired) electrons. The maximum atomic E-state index is 13.8. The first-order valence-corrected chi connectivity index (χ1v) is 8.02. The maximum absolute atomic E-state index is 13.8. The van der Waals surface area contributed by atoms with Gasteiger partial charge in [-0.05, 0) is 54.4 Å². The Bertz CT molecular complexity index is 957. The molecule has 0 aliphatic heterocycles. The summed E-state index contributed by atoms with van der Waals surface area (Å²) in [5.74, 6) is -2.15. The molecule has 6 heteroatoms. The van der Waals surface area contributed by atoms with Crippen LogP contribution in [0.1, 0.15) is 22.8 Å². The molecule has 26 heavy (non-hydrogen) atoms. The van der Waals surface area contributed by atoms with E-state index in [0.717, 1.165) is 30.2 Å². The van der Waals surface area contributed by atoms with Crippen LogP contribution in [-0.2, 0) is 6.42 Å². The van der Waals surface area contributed by atoms with E-state index in [2.05, 4.69) is 10.3 Å². The Morgan fingerprint density at radius 3 is 2.58 bits per heavy atom. The zero-order valence-electron chi connectivity index (χ0n) is 14.0. The number of carbonyl (C=O) groups is 1. The minimum absolute atomic E-state index is 0.0649. The summed E-state index contributed by atoms with van der Waals surface area (Å²) in [5, 5.41) is 12.4. The topological polar surface area (TPSA) is 62.2 Å². The zero-order chi connectivity index (χ0) is 18.7. The predicted octanol–water partition coefficient (Wildman–Crippen LogP) is 5.03. The molecular weight excluding hydrogens is 338 g/mol. The minimum atomic E-state index is -1.03. The first-order valence-electron chi connectivity index (χ1n) is 8.02. The highest BCUT2D eigenvalue weighted by Gasteiger charge is 2.12. The number of pyridine rings is 1. The van der Waals surface area contributed by atoms with Crippen molar-refractivity contribution in [2.45, 2.75) is 13.3 Å². The van der Waals surface area contributed by atoms with Crippen molar-refractivity contribution in [1.82, 2.24) is 4.98 Å². The van der Waals surface area contributed by atoms with Crippen molar-refractivity contribution in [3.05, 3.63) is 77.5 Å². The number of hydrogen-bond acceptors (Lipinski definition) is 3. The third-order valence-corrected chi connectivity index (χ3v) is 3.97. The molecule has 0 spiro atoms. The van der Waals surface area contributed by atoms with Crippen LogP contribution < -0.4 is 5.32 Å². The molecule has 0 amide bonds. The van der Waals surface area contributed by atoms with Crippen LogP contribution in [0.2, 0.25) is 0 Å². The lowest BCUT2D eigenvalue weighted by Crippen LogP contribution is -2.04. The standard InChI is InChI=1S/C20H16F2N2O2/c1-2-12-3-7-19(16(9-12)20(25)26)24-14-5-8-18(23-11-14)15-10-13(21)4-6-17(15)22/h3-11,24H,2H2,1H3,(H,25,26). The Hall–Kier alpha value is -3.28. The SMILES string of the molecule is CCc1ccc(Nc2ccc(-c3cc(F)ccc3F)nc2)c(C(=O)O)c1. The fourth-order valence-corrected chi connectivity index (χ4v) is 2.57. The summed E-state index contributed by atoms with van der Waals surface area (Å²) in [6, 6.07) is 11.5. The molecule has 0 aliphatic carbocycles. The summed E-state index contributed by atoms with van der Waals surface area (Å²) in [6.07, 6.45) is 2.18. The van der Waals surface area contributed by atoms with E-state index < -0.39 is 17.6 Å². The van der Waals surface area contributed by atoms with Crippen LogP contribution in [0.3, 0.4) is 0 Å². The lowest BCUT2D eigenvalue weighted by Gasteiger charge is -2.11. The molecule has 0 aliphatic rings. The largest absolute Gasteiger partial charge is 0.478 e. The summed E-state index contributed by atoms with van der Waals surface area (Å²) in [5.41, 5.74) is 2.40. The van der Waals surface area contributed by atoms with Crippen LogP contribution in [0.4, 0.5) is 20.2 Å². The molecule has 1 heterocycles. The van der Waals surface area contributed by atoms with E-state index in [0.29, 0.717) is 11.4 Å². The molecule has 4 nitrogen and oxygen atoms in total. The second-order valence-electron chi connectivity index (χ2n) is 5.72. The highest BCUT2D eigenvalue weighted by molar-refractivity contribution is 5.95. The lowest BCUT2D eigenvalue weighted by molar-refractivity contribution is 0.0698. The van der Waals surface area contributed by atoms with E-state index in [1.807, 2.05) is 13.0 Å². The number of halogens is 2. The van der Waals surface area contributed by atoms with E-state index in [1.165, 1.54) is 6.20 Å². The second-order valence-corrected chi connectivity index (χ2v) is 5.72. The predicted molar refractivity (Wildman–Crippen MR) is 95.7 cm³/mol. The number of aromatic carboxylic acids is 1. The number of rotatable bonds is 5. The van der Waals surface area contributed by atoms with Crippen LogP contribution in [0, 0.1) is 11.6 Å². The van der Waals surface area contributed by atoms with Gasteiger partial charge in [-0.15, -0.1) is 0 Å². The first kappa shape index (κ1) is 17.5. The van der Waals surface area contributed by atoms with Crippen LogP contribution in [0.15, 0.2) is 54.7 Å². The second kappa shape index (κ2) is 7.31. The Morgan fingerprint density at radius 1 is 1.12 bits per heavy atom. The number of anilines is 2. The number of aryl methyl sites for hydroxylation is 1. The van der Waals surface area contributed by atoms with Gasteiger partial charge >= 0.3 is 5.97 Å². The van der Waals surface area contributed by atoms with Gasteiger partial charge in [0.1, 0.15) is 11.6 Å². The molecule has 0 saturated heterocycles. The van der Waals surface area contributed by atoms with Gasteiger partial charge in [0, 0.05) is 5.56 Å². The number of nitrogens with one attached hydrogen (secondary N) is 1. The van der Waals surface area contributed by atoms with E-state index in [-0.39, 0.29) is 16.8 Å². The van der Waals surface area contributed by atoms with Crippen molar-refractivity contribution < 1.29 is 18.7 Å². The molecule has 0 unspecified atom stereocenters. The quantitative estimate of drug-likeness (QED) is 0.674. The van der Waals surface area contributed by atoms with Crippen molar-refractivity contribution in [1.29, 1.82) is 0 Å². The first-order chi connectivity index (χ1) is 12.5. The van der Waals surface area contributed by atoms with Gasteiger partial charge in [0.25, 0.3) is 0 Å². The van der Waals surface area contributed by atoms with Crippen LogP contribution >= 0.6 is 0 Å². The van der Waals surface area contributed by atoms with Crippen LogP contribution in [0.25, 0.3) is 11.3 Å². The molecule has 3 aromatic rings. The summed E-state index contributed by atoms with van der Waals surface area (Å²) < 4.78 is 27.1. The molecular formula is C20H16F2N2O2. The zero-order valence-corrected chi connectivity index (χ0v) is 14.0. The van der Waals surface area contributed by atoms with Crippen molar-refractivity contribution in [2.75, 3.05) is 5.32 Å². The highest BCUT2D eigenvalue weighted by atomic mass is 19.1. The third-order valence-electron chi connectivity index (χ3n) is 3.97. The number of carboxylic acids is 1. The maximum Gasteiger partial charge on any atom is 0.337 e. The summed E-state index contributed by atoms with van der Waals surface area (Å²) in [6.45, 7) is 1.95. The smallest absolute Gasteiger partial charge is 0.337 e. The van der Waals surface area contributed by atoms with Gasteiger partial charge in [-0.1, -0.05) is 13.0 Å². The number of hydrogen-bond donors (Lipinski definition) is 2. The highest BCUT2D eigenvalue weighted by Crippen LogP contribution is 2.26. The molecule has 2 N–H and O–H groups in total. The third kappa shape index (κ3) is 3.69. The fraction of sp³-hybridized carbons (Fsp3) is 0.100. The van der Waals surface area contributed by atoms with Crippen molar-refractivity contribution in [3.8, 4) is 11.3 Å². The monoisotopic (exact) mass is 354 g/mol. The molecule has 0 saturated carbocycles. The summed E-state index contributed by atoms with van der Waals surface area (Å²) >= 11 is 0. The van der Waals surface area contributed by atoms with Gasteiger partial charge in [0.2, 0.25) is 0 Å². The van der Waals surface area contributed by atoms with Crippen molar-refractivity contribution >= 4 is 17.3 Å². The summed E-state index contributed by atoms with van der Waals surface area (Å²) in [7, 11) is 0.